The number of hydrogen-bond donors (Lipinski definition) is 18. The van der Waals surface area contributed by atoms with Crippen molar-refractivity contribution >= 4 is 7.82 Å². The zero-order valence-electron chi connectivity index (χ0n) is 31.0. The van der Waals surface area contributed by atoms with Crippen LogP contribution >= 0.6 is 7.82 Å². The molecule has 0 radical (unpaired) electrons. The molecule has 0 amide bonds. The number of aliphatic hydroxyl groups excluding tert-OH is 16. The minimum atomic E-state index is -5.14. The van der Waals surface area contributed by atoms with Crippen molar-refractivity contribution in [3.8, 4) is 0 Å². The number of phosphoric acid groups is 1. The molecule has 25 atom stereocenters. The molecule has 5 heterocycles. The molecular weight excluding hydrogens is 855 g/mol. The van der Waals surface area contributed by atoms with Crippen LogP contribution in [0.15, 0.2) is 0 Å². The molecule has 0 aromatic rings. The second kappa shape index (κ2) is 21.0. The molecular formula is C30H53O29P. The van der Waals surface area contributed by atoms with E-state index in [2.05, 4.69) is 4.52 Å². The smallest absolute Gasteiger partial charge is 0.394 e. The van der Waals surface area contributed by atoms with Crippen molar-refractivity contribution in [3.63, 3.8) is 0 Å². The van der Waals surface area contributed by atoms with Crippen LogP contribution in [0.3, 0.4) is 0 Å². The van der Waals surface area contributed by atoms with E-state index in [0.29, 0.717) is 0 Å². The zero-order chi connectivity index (χ0) is 44.5. The van der Waals surface area contributed by atoms with Gasteiger partial charge in [-0.1, -0.05) is 0 Å². The Bertz CT molecular complexity index is 1380. The fraction of sp³-hybridized carbons (Fsp3) is 1.00. The lowest BCUT2D eigenvalue weighted by atomic mass is 9.96. The Hall–Kier alpha value is -0.890. The predicted molar refractivity (Wildman–Crippen MR) is 177 cm³/mol. The molecule has 5 fully saturated rings. The van der Waals surface area contributed by atoms with Gasteiger partial charge in [0.15, 0.2) is 31.5 Å². The summed E-state index contributed by atoms with van der Waals surface area (Å²) in [6, 6.07) is 0. The fourth-order valence-electron chi connectivity index (χ4n) is 7.03. The average Bonchev–Trinajstić information content (AvgIpc) is 3.21. The highest BCUT2D eigenvalue weighted by molar-refractivity contribution is 7.46. The monoisotopic (exact) mass is 908 g/mol. The van der Waals surface area contributed by atoms with E-state index in [1.807, 2.05) is 0 Å². The third kappa shape index (κ3) is 11.0. The molecule has 0 bridgehead atoms. The van der Waals surface area contributed by atoms with Crippen LogP contribution in [0.2, 0.25) is 0 Å². The first-order chi connectivity index (χ1) is 28.1. The SMILES string of the molecule is O=P(O)(O)OC[C@H]1O[C@H](O[C@@H]2[C@@H](OC[C@H]3OC(O)[C@@H](O)[C@@H](O[C@H]4O[C@H](CO)[C@@H](O)[C@H](O)[C@@H]4O[C@H]4O[C@H](CO)[C@@H](O)[C@H](O)[C@@H]4O)[C@@H]3O)O[C@H](CO)[C@@H](O)[C@@H]2O)[C@@H](O)[C@@H](O)[C@@H]1O. The van der Waals surface area contributed by atoms with Crippen molar-refractivity contribution in [2.75, 3.05) is 33.0 Å². The molecule has 0 spiro atoms. The van der Waals surface area contributed by atoms with Gasteiger partial charge < -0.3 is 134 Å². The van der Waals surface area contributed by atoms with Crippen molar-refractivity contribution in [3.05, 3.63) is 0 Å². The van der Waals surface area contributed by atoms with Gasteiger partial charge in [0.25, 0.3) is 0 Å². The molecule has 352 valence electrons. The lowest BCUT2D eigenvalue weighted by Crippen LogP contribution is -2.67. The van der Waals surface area contributed by atoms with Crippen LogP contribution in [0, 0.1) is 0 Å². The van der Waals surface area contributed by atoms with E-state index >= 15 is 0 Å². The van der Waals surface area contributed by atoms with Gasteiger partial charge in [0.2, 0.25) is 0 Å². The van der Waals surface area contributed by atoms with Crippen molar-refractivity contribution < 1.29 is 143 Å². The standard InChI is InChI=1S/C30H53O29P/c31-1-6-11(34)16(39)20(43)27(53-6)59-25-19(42)13(36)8(3-33)55-30(25)57-23-15(38)9(52-26(46)22(23)45)4-50-29-24(18(41)12(35)7(2-32)54-29)58-28-21(44)17(40)14(37)10(56-28)5-51-60(47,48)49/h6-46H,1-5H2,(H2,47,48,49)/t6-,7-,8-,9-,10-,11-,12-,13-,14-,15-,16+,17+,18+,19+,20+,21+,22+,23+,24+,25+,26?,27-,28-,29+,30-/m1/s1. The molecule has 5 aliphatic heterocycles. The first-order valence-corrected chi connectivity index (χ1v) is 19.9. The Morgan fingerprint density at radius 3 is 1.25 bits per heavy atom. The van der Waals surface area contributed by atoms with Gasteiger partial charge >= 0.3 is 7.82 Å². The van der Waals surface area contributed by atoms with Crippen molar-refractivity contribution in [2.45, 2.75) is 154 Å². The lowest BCUT2D eigenvalue weighted by Gasteiger charge is -2.48. The first-order valence-electron chi connectivity index (χ1n) is 18.4. The van der Waals surface area contributed by atoms with E-state index < -0.39 is 194 Å². The van der Waals surface area contributed by atoms with Gasteiger partial charge in [-0.05, 0) is 0 Å². The molecule has 5 saturated heterocycles. The van der Waals surface area contributed by atoms with Gasteiger partial charge in [0.1, 0.15) is 122 Å². The zero-order valence-corrected chi connectivity index (χ0v) is 31.9. The summed E-state index contributed by atoms with van der Waals surface area (Å²) in [5.41, 5.74) is 0. The van der Waals surface area contributed by atoms with Crippen LogP contribution in [0.1, 0.15) is 0 Å². The Kier molecular flexibility index (Phi) is 17.5. The van der Waals surface area contributed by atoms with Crippen LogP contribution in [-0.2, 0) is 51.7 Å². The largest absolute Gasteiger partial charge is 0.469 e. The molecule has 0 aromatic heterocycles. The van der Waals surface area contributed by atoms with Gasteiger partial charge in [0, 0.05) is 0 Å². The van der Waals surface area contributed by atoms with E-state index in [1.165, 1.54) is 0 Å². The van der Waals surface area contributed by atoms with Crippen molar-refractivity contribution in [2.24, 2.45) is 0 Å². The first kappa shape index (κ1) is 50.1. The van der Waals surface area contributed by atoms with Crippen LogP contribution in [-0.4, -0.2) is 278 Å². The Morgan fingerprint density at radius 1 is 0.383 bits per heavy atom. The summed E-state index contributed by atoms with van der Waals surface area (Å²) in [6.07, 6.45) is -48.7. The van der Waals surface area contributed by atoms with Crippen LogP contribution in [0.25, 0.3) is 0 Å². The van der Waals surface area contributed by atoms with E-state index in [4.69, 9.17) is 52.4 Å². The molecule has 1 unspecified atom stereocenters. The summed E-state index contributed by atoms with van der Waals surface area (Å²) < 4.78 is 65.0. The third-order valence-corrected chi connectivity index (χ3v) is 11.0. The highest BCUT2D eigenvalue weighted by atomic mass is 31.2. The Morgan fingerprint density at radius 2 is 0.767 bits per heavy atom. The van der Waals surface area contributed by atoms with Gasteiger partial charge in [-0.15, -0.1) is 0 Å². The molecule has 0 aliphatic carbocycles. The number of hydrogen-bond acceptors (Lipinski definition) is 27. The van der Waals surface area contributed by atoms with E-state index in [9.17, 15) is 86.3 Å². The topological polar surface area (TPSA) is 474 Å². The van der Waals surface area contributed by atoms with Gasteiger partial charge in [-0.25, -0.2) is 4.57 Å². The fourth-order valence-corrected chi connectivity index (χ4v) is 7.37. The van der Waals surface area contributed by atoms with E-state index in [1.54, 1.807) is 0 Å². The summed E-state index contributed by atoms with van der Waals surface area (Å²) in [7, 11) is -5.14. The minimum absolute atomic E-state index is 0.883. The number of ether oxygens (including phenoxy) is 9. The second-order valence-corrected chi connectivity index (χ2v) is 15.8. The molecule has 0 aromatic carbocycles. The summed E-state index contributed by atoms with van der Waals surface area (Å²) in [5.74, 6) is 0. The second-order valence-electron chi connectivity index (χ2n) is 14.6. The third-order valence-electron chi connectivity index (χ3n) is 10.5. The molecule has 29 nitrogen and oxygen atoms in total. The van der Waals surface area contributed by atoms with Gasteiger partial charge in [-0.3, -0.25) is 4.52 Å². The highest BCUT2D eigenvalue weighted by Crippen LogP contribution is 2.38. The molecule has 30 heteroatoms. The van der Waals surface area contributed by atoms with E-state index in [0.717, 1.165) is 0 Å². The summed E-state index contributed by atoms with van der Waals surface area (Å²) in [5, 5.41) is 167. The van der Waals surface area contributed by atoms with E-state index in [-0.39, 0.29) is 0 Å². The maximum atomic E-state index is 11.4. The summed E-state index contributed by atoms with van der Waals surface area (Å²) in [6.45, 7) is -4.73. The molecule has 18 N–H and O–H groups in total. The Balaban J connectivity index is 1.32. The van der Waals surface area contributed by atoms with Crippen molar-refractivity contribution in [1.29, 1.82) is 0 Å². The molecule has 5 aliphatic rings. The highest BCUT2D eigenvalue weighted by Gasteiger charge is 2.55. The maximum Gasteiger partial charge on any atom is 0.469 e. The average molecular weight is 909 g/mol. The Labute approximate surface area is 337 Å². The van der Waals surface area contributed by atoms with Crippen LogP contribution < -0.4 is 0 Å². The summed E-state index contributed by atoms with van der Waals surface area (Å²) in [4.78, 5) is 18.1. The minimum Gasteiger partial charge on any atom is -0.394 e. The predicted octanol–water partition coefficient (Wildman–Crippen LogP) is -11.8. The van der Waals surface area contributed by atoms with Gasteiger partial charge in [0.05, 0.1) is 33.0 Å². The van der Waals surface area contributed by atoms with Crippen molar-refractivity contribution in [1.82, 2.24) is 0 Å². The molecule has 0 saturated carbocycles. The van der Waals surface area contributed by atoms with Crippen LogP contribution in [0.5, 0.6) is 0 Å². The number of aliphatic hydroxyl groups is 16. The lowest BCUT2D eigenvalue weighted by molar-refractivity contribution is -0.391. The number of phosphoric ester groups is 1. The quantitative estimate of drug-likeness (QED) is 0.0678. The normalized spacial score (nSPS) is 50.7. The van der Waals surface area contributed by atoms with Gasteiger partial charge in [-0.2, -0.15) is 0 Å². The molecule has 5 rings (SSSR count). The van der Waals surface area contributed by atoms with Crippen LogP contribution in [0.4, 0.5) is 0 Å². The molecule has 60 heavy (non-hydrogen) atoms. The summed E-state index contributed by atoms with van der Waals surface area (Å²) >= 11 is 0. The maximum absolute atomic E-state index is 11.4. The number of rotatable bonds is 15.